The molecule has 1 aromatic carbocycles. The lowest BCUT2D eigenvalue weighted by molar-refractivity contribution is 0.102. The molecule has 0 radical (unpaired) electrons. The smallest absolute Gasteiger partial charge is 0.212 e. The van der Waals surface area contributed by atoms with Crippen molar-refractivity contribution in [2.45, 2.75) is 24.8 Å². The van der Waals surface area contributed by atoms with Crippen LogP contribution < -0.4 is 0 Å². The second-order valence-corrected chi connectivity index (χ2v) is 7.88. The number of carbonyl (C=O) groups excluding carboxylic acids is 1. The van der Waals surface area contributed by atoms with Gasteiger partial charge in [-0.2, -0.15) is 5.10 Å². The second kappa shape index (κ2) is 5.73. The molecule has 0 N–H and O–H groups in total. The van der Waals surface area contributed by atoms with Crippen LogP contribution in [0.25, 0.3) is 0 Å². The third-order valence-electron chi connectivity index (χ3n) is 3.00. The molecule has 0 aliphatic carbocycles. The number of benzene rings is 1. The molecule has 0 saturated heterocycles. The van der Waals surface area contributed by atoms with Crippen LogP contribution in [0.3, 0.4) is 0 Å². The Morgan fingerprint density at radius 3 is 2.29 bits per heavy atom. The third kappa shape index (κ3) is 3.24. The summed E-state index contributed by atoms with van der Waals surface area (Å²) in [6.45, 7) is 3.87. The monoisotopic (exact) mass is 370 g/mol. The molecule has 0 bridgehead atoms. The first-order valence-corrected chi connectivity index (χ1v) is 8.98. The summed E-state index contributed by atoms with van der Waals surface area (Å²) in [5.41, 5.74) is 0.877. The molecular formula is C14H15BrN2O3S. The number of hydrogen-bond donors (Lipinski definition) is 0. The summed E-state index contributed by atoms with van der Waals surface area (Å²) < 4.78 is 25.1. The van der Waals surface area contributed by atoms with Crippen LogP contribution in [-0.4, -0.2) is 30.2 Å². The van der Waals surface area contributed by atoms with E-state index in [4.69, 9.17) is 0 Å². The van der Waals surface area contributed by atoms with E-state index in [0.29, 0.717) is 15.7 Å². The van der Waals surface area contributed by atoms with Crippen molar-refractivity contribution in [1.82, 2.24) is 9.78 Å². The van der Waals surface area contributed by atoms with E-state index in [9.17, 15) is 13.2 Å². The van der Waals surface area contributed by atoms with E-state index in [1.807, 2.05) is 13.8 Å². The van der Waals surface area contributed by atoms with Crippen LogP contribution in [0, 0.1) is 0 Å². The van der Waals surface area contributed by atoms with Gasteiger partial charge in [0.15, 0.2) is 9.84 Å². The van der Waals surface area contributed by atoms with Gasteiger partial charge in [0.05, 0.1) is 15.6 Å². The molecule has 1 aromatic heterocycles. The highest BCUT2D eigenvalue weighted by molar-refractivity contribution is 9.10. The molecule has 2 rings (SSSR count). The van der Waals surface area contributed by atoms with Crippen LogP contribution >= 0.6 is 15.9 Å². The van der Waals surface area contributed by atoms with Crippen molar-refractivity contribution in [2.24, 2.45) is 0 Å². The van der Waals surface area contributed by atoms with Gasteiger partial charge in [0.2, 0.25) is 5.78 Å². The van der Waals surface area contributed by atoms with Crippen LogP contribution in [0.1, 0.15) is 35.9 Å². The number of ketones is 1. The van der Waals surface area contributed by atoms with E-state index >= 15 is 0 Å². The van der Waals surface area contributed by atoms with E-state index in [1.54, 1.807) is 10.9 Å². The zero-order valence-corrected chi connectivity index (χ0v) is 14.3. The molecule has 0 amide bonds. The average Bonchev–Trinajstić information content (AvgIpc) is 2.79. The summed E-state index contributed by atoms with van der Waals surface area (Å²) in [4.78, 5) is 12.8. The lowest BCUT2D eigenvalue weighted by Gasteiger charge is -2.10. The summed E-state index contributed by atoms with van der Waals surface area (Å²) in [5, 5.41) is 4.17. The number of carbonyl (C=O) groups is 1. The molecular weight excluding hydrogens is 356 g/mol. The zero-order valence-electron chi connectivity index (χ0n) is 11.9. The maximum Gasteiger partial charge on any atom is 0.212 e. The predicted octanol–water partition coefficient (Wildman–Crippen LogP) is 2.86. The summed E-state index contributed by atoms with van der Waals surface area (Å²) >= 11 is 3.33. The van der Waals surface area contributed by atoms with Crippen molar-refractivity contribution in [2.75, 3.05) is 6.26 Å². The van der Waals surface area contributed by atoms with Gasteiger partial charge in [-0.1, -0.05) is 0 Å². The molecule has 0 aliphatic heterocycles. The molecule has 0 spiro atoms. The third-order valence-corrected chi connectivity index (χ3v) is 4.71. The molecule has 1 heterocycles. The minimum atomic E-state index is -3.27. The highest BCUT2D eigenvalue weighted by atomic mass is 79.9. The first-order valence-electron chi connectivity index (χ1n) is 6.29. The fraction of sp³-hybridized carbons (Fsp3) is 0.286. The Kier molecular flexibility index (Phi) is 4.34. The topological polar surface area (TPSA) is 69.0 Å². The predicted molar refractivity (Wildman–Crippen MR) is 83.3 cm³/mol. The summed E-state index contributed by atoms with van der Waals surface area (Å²) in [6.07, 6.45) is 2.71. The van der Waals surface area contributed by atoms with Crippen LogP contribution in [0.15, 0.2) is 39.8 Å². The Labute approximate surface area is 132 Å². The Bertz CT molecular complexity index is 777. The Morgan fingerprint density at radius 2 is 1.81 bits per heavy atom. The molecule has 112 valence electrons. The molecule has 0 fully saturated rings. The van der Waals surface area contributed by atoms with Gasteiger partial charge in [-0.15, -0.1) is 0 Å². The second-order valence-electron chi connectivity index (χ2n) is 5.01. The fourth-order valence-corrected chi connectivity index (χ4v) is 3.02. The summed E-state index contributed by atoms with van der Waals surface area (Å²) in [5.74, 6) is -0.201. The van der Waals surface area contributed by atoms with Gasteiger partial charge in [0, 0.05) is 17.9 Å². The maximum absolute atomic E-state index is 12.6. The molecule has 0 atom stereocenters. The summed E-state index contributed by atoms with van der Waals surface area (Å²) in [6, 6.07) is 5.95. The van der Waals surface area contributed by atoms with E-state index < -0.39 is 9.84 Å². The highest BCUT2D eigenvalue weighted by Crippen LogP contribution is 2.23. The van der Waals surface area contributed by atoms with E-state index in [-0.39, 0.29) is 16.7 Å². The molecule has 7 heteroatoms. The summed E-state index contributed by atoms with van der Waals surface area (Å²) in [7, 11) is -3.27. The number of nitrogens with zero attached hydrogens (tertiary/aromatic N) is 2. The van der Waals surface area contributed by atoms with Crippen molar-refractivity contribution in [1.29, 1.82) is 0 Å². The first kappa shape index (κ1) is 15.9. The van der Waals surface area contributed by atoms with Crippen LogP contribution in [0.4, 0.5) is 0 Å². The zero-order chi connectivity index (χ0) is 15.8. The first-order chi connectivity index (χ1) is 9.71. The Morgan fingerprint density at radius 1 is 1.24 bits per heavy atom. The minimum Gasteiger partial charge on any atom is -0.287 e. The Balaban J connectivity index is 2.44. The van der Waals surface area contributed by atoms with Crippen molar-refractivity contribution in [3.8, 4) is 0 Å². The number of hydrogen-bond acceptors (Lipinski definition) is 4. The van der Waals surface area contributed by atoms with E-state index in [1.165, 1.54) is 24.3 Å². The quantitative estimate of drug-likeness (QED) is 0.775. The van der Waals surface area contributed by atoms with E-state index in [0.717, 1.165) is 6.26 Å². The molecule has 21 heavy (non-hydrogen) atoms. The van der Waals surface area contributed by atoms with Gasteiger partial charge in [0.25, 0.3) is 0 Å². The van der Waals surface area contributed by atoms with Gasteiger partial charge in [0.1, 0.15) is 5.69 Å². The fourth-order valence-electron chi connectivity index (χ4n) is 1.94. The van der Waals surface area contributed by atoms with Gasteiger partial charge in [-0.05, 0) is 54.0 Å². The number of rotatable bonds is 4. The highest BCUT2D eigenvalue weighted by Gasteiger charge is 2.20. The van der Waals surface area contributed by atoms with Crippen LogP contribution in [-0.2, 0) is 9.84 Å². The largest absolute Gasteiger partial charge is 0.287 e. The molecule has 5 nitrogen and oxygen atoms in total. The van der Waals surface area contributed by atoms with Crippen molar-refractivity contribution < 1.29 is 13.2 Å². The normalized spacial score (nSPS) is 11.9. The van der Waals surface area contributed by atoms with Gasteiger partial charge in [-0.3, -0.25) is 9.48 Å². The van der Waals surface area contributed by atoms with Crippen LogP contribution in [0.5, 0.6) is 0 Å². The maximum atomic E-state index is 12.6. The lowest BCUT2D eigenvalue weighted by Crippen LogP contribution is -2.14. The Hall–Kier alpha value is -1.47. The molecule has 0 aliphatic rings. The molecule has 2 aromatic rings. The van der Waals surface area contributed by atoms with Crippen LogP contribution in [0.2, 0.25) is 0 Å². The average molecular weight is 371 g/mol. The standard InChI is InChI=1S/C14H15BrN2O3S/c1-9(2)17-13(12(15)8-16-17)14(18)10-4-6-11(7-5-10)21(3,19)20/h4-9H,1-3H3. The van der Waals surface area contributed by atoms with Gasteiger partial charge in [-0.25, -0.2) is 8.42 Å². The number of halogens is 1. The van der Waals surface area contributed by atoms with Crippen molar-refractivity contribution in [3.63, 3.8) is 0 Å². The number of sulfone groups is 1. The SMILES string of the molecule is CC(C)n1ncc(Br)c1C(=O)c1ccc(S(C)(=O)=O)cc1. The number of aromatic nitrogens is 2. The lowest BCUT2D eigenvalue weighted by atomic mass is 10.1. The van der Waals surface area contributed by atoms with Gasteiger partial charge >= 0.3 is 0 Å². The van der Waals surface area contributed by atoms with Gasteiger partial charge < -0.3 is 0 Å². The van der Waals surface area contributed by atoms with Crippen molar-refractivity contribution in [3.05, 3.63) is 46.2 Å². The molecule has 0 saturated carbocycles. The molecule has 0 unspecified atom stereocenters. The van der Waals surface area contributed by atoms with Crippen molar-refractivity contribution >= 4 is 31.6 Å². The van der Waals surface area contributed by atoms with E-state index in [2.05, 4.69) is 21.0 Å². The minimum absolute atomic E-state index is 0.0468.